The Balaban J connectivity index is 2.11. The Bertz CT molecular complexity index is 628. The lowest BCUT2D eigenvalue weighted by molar-refractivity contribution is 0.0951. The molecule has 2 rings (SSSR count). The van der Waals surface area contributed by atoms with Crippen LogP contribution in [0.15, 0.2) is 41.0 Å². The fourth-order valence-electron chi connectivity index (χ4n) is 1.98. The molecular weight excluding hydrogens is 318 g/mol. The standard InChI is InChI=1S/C15H16BrN3O/c1-2-10-5-3-4-6-11(10)8-19-15(20)13-7-12(16)9-18-14(13)17/h3-7,9H,2,8H2,1H3,(H2,17,18)(H,19,20). The van der Waals surface area contributed by atoms with Crippen molar-refractivity contribution < 1.29 is 4.79 Å². The highest BCUT2D eigenvalue weighted by atomic mass is 79.9. The van der Waals surface area contributed by atoms with Crippen LogP contribution in [0.2, 0.25) is 0 Å². The summed E-state index contributed by atoms with van der Waals surface area (Å²) in [6.45, 7) is 2.58. The number of carbonyl (C=O) groups excluding carboxylic acids is 1. The summed E-state index contributed by atoms with van der Waals surface area (Å²) in [7, 11) is 0. The van der Waals surface area contributed by atoms with E-state index >= 15 is 0 Å². The highest BCUT2D eigenvalue weighted by Gasteiger charge is 2.11. The average molecular weight is 334 g/mol. The summed E-state index contributed by atoms with van der Waals surface area (Å²) >= 11 is 3.29. The maximum Gasteiger partial charge on any atom is 0.255 e. The average Bonchev–Trinajstić information content (AvgIpc) is 2.47. The number of hydrogen-bond donors (Lipinski definition) is 2. The van der Waals surface area contributed by atoms with Gasteiger partial charge in [-0.1, -0.05) is 31.2 Å². The van der Waals surface area contributed by atoms with Crippen LogP contribution >= 0.6 is 15.9 Å². The number of hydrogen-bond acceptors (Lipinski definition) is 3. The largest absolute Gasteiger partial charge is 0.383 e. The Labute approximate surface area is 126 Å². The number of nitrogen functional groups attached to an aromatic ring is 1. The SMILES string of the molecule is CCc1ccccc1CNC(=O)c1cc(Br)cnc1N. The van der Waals surface area contributed by atoms with E-state index in [1.807, 2.05) is 18.2 Å². The third kappa shape index (κ3) is 3.36. The van der Waals surface area contributed by atoms with E-state index in [0.29, 0.717) is 12.1 Å². The quantitative estimate of drug-likeness (QED) is 0.903. The predicted octanol–water partition coefficient (Wildman–Crippen LogP) is 2.92. The van der Waals surface area contributed by atoms with E-state index < -0.39 is 0 Å². The number of aryl methyl sites for hydroxylation is 1. The number of pyridine rings is 1. The van der Waals surface area contributed by atoms with Crippen LogP contribution in [0.1, 0.15) is 28.4 Å². The van der Waals surface area contributed by atoms with E-state index in [-0.39, 0.29) is 11.7 Å². The number of benzene rings is 1. The van der Waals surface area contributed by atoms with Crippen molar-refractivity contribution in [2.75, 3.05) is 5.73 Å². The molecular formula is C15H16BrN3O. The zero-order valence-electron chi connectivity index (χ0n) is 11.2. The summed E-state index contributed by atoms with van der Waals surface area (Å²) in [6.07, 6.45) is 2.51. The first-order chi connectivity index (χ1) is 9.61. The zero-order chi connectivity index (χ0) is 14.5. The highest BCUT2D eigenvalue weighted by molar-refractivity contribution is 9.10. The number of halogens is 1. The number of nitrogens with two attached hydrogens (primary N) is 1. The van der Waals surface area contributed by atoms with Gasteiger partial charge in [-0.05, 0) is 39.5 Å². The summed E-state index contributed by atoms with van der Waals surface area (Å²) in [5.41, 5.74) is 8.45. The summed E-state index contributed by atoms with van der Waals surface area (Å²) in [5.74, 6) is 0.0108. The van der Waals surface area contributed by atoms with E-state index in [4.69, 9.17) is 5.73 Å². The molecule has 0 saturated heterocycles. The van der Waals surface area contributed by atoms with Gasteiger partial charge in [0.2, 0.25) is 0 Å². The normalized spacial score (nSPS) is 10.3. The van der Waals surface area contributed by atoms with E-state index in [2.05, 4.69) is 39.2 Å². The van der Waals surface area contributed by atoms with Crippen molar-refractivity contribution in [3.05, 3.63) is 57.7 Å². The predicted molar refractivity (Wildman–Crippen MR) is 83.3 cm³/mol. The molecule has 20 heavy (non-hydrogen) atoms. The second-order valence-corrected chi connectivity index (χ2v) is 5.31. The van der Waals surface area contributed by atoms with E-state index in [1.54, 1.807) is 12.3 Å². The lowest BCUT2D eigenvalue weighted by atomic mass is 10.1. The Morgan fingerprint density at radius 2 is 2.05 bits per heavy atom. The van der Waals surface area contributed by atoms with Gasteiger partial charge in [0.15, 0.2) is 0 Å². The second kappa shape index (κ2) is 6.52. The number of aromatic nitrogens is 1. The highest BCUT2D eigenvalue weighted by Crippen LogP contribution is 2.16. The van der Waals surface area contributed by atoms with Crippen molar-refractivity contribution in [3.8, 4) is 0 Å². The lowest BCUT2D eigenvalue weighted by Crippen LogP contribution is -2.24. The van der Waals surface area contributed by atoms with Gasteiger partial charge in [0.1, 0.15) is 5.82 Å². The van der Waals surface area contributed by atoms with Gasteiger partial charge >= 0.3 is 0 Å². The van der Waals surface area contributed by atoms with Crippen molar-refractivity contribution in [1.29, 1.82) is 0 Å². The van der Waals surface area contributed by atoms with Gasteiger partial charge in [0.05, 0.1) is 5.56 Å². The number of carbonyl (C=O) groups is 1. The monoisotopic (exact) mass is 333 g/mol. The minimum atomic E-state index is -0.220. The van der Waals surface area contributed by atoms with Crippen LogP contribution in [-0.4, -0.2) is 10.9 Å². The van der Waals surface area contributed by atoms with Crippen molar-refractivity contribution in [3.63, 3.8) is 0 Å². The number of rotatable bonds is 4. The summed E-state index contributed by atoms with van der Waals surface area (Å²) in [4.78, 5) is 16.1. The van der Waals surface area contributed by atoms with Crippen LogP contribution in [-0.2, 0) is 13.0 Å². The van der Waals surface area contributed by atoms with Crippen LogP contribution in [0.5, 0.6) is 0 Å². The Morgan fingerprint density at radius 3 is 2.75 bits per heavy atom. The van der Waals surface area contributed by atoms with Crippen molar-refractivity contribution in [2.24, 2.45) is 0 Å². The molecule has 0 bridgehead atoms. The van der Waals surface area contributed by atoms with Gasteiger partial charge in [-0.25, -0.2) is 4.98 Å². The van der Waals surface area contributed by atoms with Crippen LogP contribution in [0.4, 0.5) is 5.82 Å². The molecule has 0 aliphatic heterocycles. The molecule has 0 aliphatic carbocycles. The smallest absolute Gasteiger partial charge is 0.255 e. The summed E-state index contributed by atoms with van der Waals surface area (Å²) < 4.78 is 0.728. The summed E-state index contributed by atoms with van der Waals surface area (Å²) in [6, 6.07) is 9.72. The number of nitrogens with one attached hydrogen (secondary N) is 1. The van der Waals surface area contributed by atoms with Crippen LogP contribution in [0.3, 0.4) is 0 Å². The maximum atomic E-state index is 12.1. The minimum absolute atomic E-state index is 0.220. The number of anilines is 1. The van der Waals surface area contributed by atoms with Crippen molar-refractivity contribution >= 4 is 27.7 Å². The van der Waals surface area contributed by atoms with E-state index in [1.165, 1.54) is 5.56 Å². The van der Waals surface area contributed by atoms with Crippen LogP contribution in [0.25, 0.3) is 0 Å². The fourth-order valence-corrected chi connectivity index (χ4v) is 2.31. The third-order valence-corrected chi connectivity index (χ3v) is 3.50. The summed E-state index contributed by atoms with van der Waals surface area (Å²) in [5, 5.41) is 2.88. The first-order valence-electron chi connectivity index (χ1n) is 6.37. The van der Waals surface area contributed by atoms with Crippen molar-refractivity contribution in [1.82, 2.24) is 10.3 Å². The van der Waals surface area contributed by atoms with E-state index in [9.17, 15) is 4.79 Å². The molecule has 0 radical (unpaired) electrons. The molecule has 0 atom stereocenters. The lowest BCUT2D eigenvalue weighted by Gasteiger charge is -2.10. The number of nitrogens with zero attached hydrogens (tertiary/aromatic N) is 1. The van der Waals surface area contributed by atoms with Gasteiger partial charge in [0.25, 0.3) is 5.91 Å². The molecule has 1 aromatic carbocycles. The van der Waals surface area contributed by atoms with Gasteiger partial charge < -0.3 is 11.1 Å². The third-order valence-electron chi connectivity index (χ3n) is 3.07. The molecule has 4 nitrogen and oxygen atoms in total. The number of amides is 1. The maximum absolute atomic E-state index is 12.1. The Kier molecular flexibility index (Phi) is 4.74. The molecule has 0 spiro atoms. The molecule has 1 aromatic heterocycles. The molecule has 0 saturated carbocycles. The van der Waals surface area contributed by atoms with E-state index in [0.717, 1.165) is 16.5 Å². The van der Waals surface area contributed by atoms with Crippen LogP contribution in [0, 0.1) is 0 Å². The van der Waals surface area contributed by atoms with Crippen molar-refractivity contribution in [2.45, 2.75) is 19.9 Å². The molecule has 0 aliphatic rings. The van der Waals surface area contributed by atoms with Gasteiger partial charge in [-0.2, -0.15) is 0 Å². The topological polar surface area (TPSA) is 68.0 Å². The minimum Gasteiger partial charge on any atom is -0.383 e. The molecule has 5 heteroatoms. The second-order valence-electron chi connectivity index (χ2n) is 4.39. The first kappa shape index (κ1) is 14.5. The fraction of sp³-hybridized carbons (Fsp3) is 0.200. The van der Waals surface area contributed by atoms with Crippen LogP contribution < -0.4 is 11.1 Å². The molecule has 104 valence electrons. The molecule has 3 N–H and O–H groups in total. The Hall–Kier alpha value is -1.88. The molecule has 1 heterocycles. The van der Waals surface area contributed by atoms with Gasteiger partial charge in [-0.3, -0.25) is 4.79 Å². The first-order valence-corrected chi connectivity index (χ1v) is 7.17. The van der Waals surface area contributed by atoms with Gasteiger partial charge in [-0.15, -0.1) is 0 Å². The van der Waals surface area contributed by atoms with Gasteiger partial charge in [0, 0.05) is 17.2 Å². The Morgan fingerprint density at radius 1 is 1.35 bits per heavy atom. The molecule has 0 unspecified atom stereocenters. The zero-order valence-corrected chi connectivity index (χ0v) is 12.8. The molecule has 2 aromatic rings. The molecule has 1 amide bonds. The molecule has 0 fully saturated rings.